The molecule has 2 aromatic heterocycles. The van der Waals surface area contributed by atoms with E-state index >= 15 is 0 Å². The third-order valence-corrected chi connectivity index (χ3v) is 4.63. The highest BCUT2D eigenvalue weighted by molar-refractivity contribution is 6.32. The van der Waals surface area contributed by atoms with Gasteiger partial charge in [0, 0.05) is 6.20 Å². The highest BCUT2D eigenvalue weighted by atomic mass is 35.5. The summed E-state index contributed by atoms with van der Waals surface area (Å²) in [4.78, 5) is 19.0. The van der Waals surface area contributed by atoms with Gasteiger partial charge in [-0.2, -0.15) is 13.2 Å². The maximum Gasteiger partial charge on any atom is 0.416 e. The van der Waals surface area contributed by atoms with Crippen molar-refractivity contribution in [3.8, 4) is 11.4 Å². The number of fused-ring (bicyclic) bond motifs is 1. The molecule has 0 bridgehead atoms. The number of benzene rings is 2. The molecule has 0 fully saturated rings. The Morgan fingerprint density at radius 3 is 2.55 bits per heavy atom. The Bertz CT molecular complexity index is 1230. The van der Waals surface area contributed by atoms with Gasteiger partial charge in [-0.3, -0.25) is 9.55 Å². The lowest BCUT2D eigenvalue weighted by atomic mass is 10.1. The number of nitrogens with zero attached hydrogens (tertiary/aromatic N) is 2. The van der Waals surface area contributed by atoms with Crippen LogP contribution in [0.3, 0.4) is 0 Å². The minimum Gasteiger partial charge on any atom is -0.487 e. The smallest absolute Gasteiger partial charge is 0.416 e. The van der Waals surface area contributed by atoms with E-state index in [0.29, 0.717) is 28.0 Å². The number of rotatable bonds is 4. The number of H-pyrrole nitrogens is 1. The number of ether oxygens (including phenoxy) is 1. The van der Waals surface area contributed by atoms with Crippen molar-refractivity contribution in [2.75, 3.05) is 0 Å². The van der Waals surface area contributed by atoms with Crippen LogP contribution in [0.4, 0.5) is 13.2 Å². The quantitative estimate of drug-likeness (QED) is 0.508. The van der Waals surface area contributed by atoms with Crippen molar-refractivity contribution in [1.29, 1.82) is 0 Å². The van der Waals surface area contributed by atoms with Crippen LogP contribution in [0.25, 0.3) is 16.7 Å². The number of pyridine rings is 1. The molecule has 0 aliphatic rings. The Morgan fingerprint density at radius 1 is 1.10 bits per heavy atom. The molecule has 4 rings (SSSR count). The first-order valence-electron chi connectivity index (χ1n) is 8.46. The summed E-state index contributed by atoms with van der Waals surface area (Å²) in [6, 6.07) is 11.2. The van der Waals surface area contributed by atoms with Gasteiger partial charge < -0.3 is 9.72 Å². The lowest BCUT2D eigenvalue weighted by Gasteiger charge is -2.11. The van der Waals surface area contributed by atoms with E-state index in [1.807, 2.05) is 0 Å². The van der Waals surface area contributed by atoms with Crippen molar-refractivity contribution in [3.63, 3.8) is 0 Å². The van der Waals surface area contributed by atoms with E-state index in [1.165, 1.54) is 16.7 Å². The molecule has 0 aliphatic heterocycles. The van der Waals surface area contributed by atoms with Crippen LogP contribution in [-0.4, -0.2) is 14.5 Å². The largest absolute Gasteiger partial charge is 0.487 e. The summed E-state index contributed by atoms with van der Waals surface area (Å²) in [5.41, 5.74) is 1.29. The molecular weight excluding hydrogens is 407 g/mol. The van der Waals surface area contributed by atoms with Gasteiger partial charge in [-0.15, -0.1) is 0 Å². The average Bonchev–Trinajstić information content (AvgIpc) is 3.02. The maximum atomic E-state index is 12.6. The van der Waals surface area contributed by atoms with E-state index < -0.39 is 11.7 Å². The van der Waals surface area contributed by atoms with Gasteiger partial charge in [0.2, 0.25) is 0 Å². The van der Waals surface area contributed by atoms with Gasteiger partial charge in [0.1, 0.15) is 12.4 Å². The monoisotopic (exact) mass is 419 g/mol. The molecule has 0 spiro atoms. The molecular formula is C20H13ClF3N3O2. The van der Waals surface area contributed by atoms with E-state index in [9.17, 15) is 18.0 Å². The molecule has 9 heteroatoms. The average molecular weight is 420 g/mol. The first-order chi connectivity index (χ1) is 13.8. The van der Waals surface area contributed by atoms with E-state index in [1.54, 1.807) is 36.7 Å². The molecule has 0 saturated heterocycles. The Labute approximate surface area is 167 Å². The first kappa shape index (κ1) is 19.1. The SMILES string of the molecule is O=c1[nH]c2ccncc2n1-c1ccc(OCc2ccc(C(F)(F)F)cc2)c(Cl)c1. The van der Waals surface area contributed by atoms with Crippen molar-refractivity contribution >= 4 is 22.6 Å². The van der Waals surface area contributed by atoms with Crippen LogP contribution in [0.15, 0.2) is 65.7 Å². The number of nitrogens with one attached hydrogen (secondary N) is 1. The Kier molecular flexibility index (Phi) is 4.79. The third kappa shape index (κ3) is 3.84. The fourth-order valence-corrected chi connectivity index (χ4v) is 3.13. The first-order valence-corrected chi connectivity index (χ1v) is 8.84. The van der Waals surface area contributed by atoms with E-state index in [4.69, 9.17) is 16.3 Å². The predicted molar refractivity (Wildman–Crippen MR) is 102 cm³/mol. The molecule has 148 valence electrons. The highest BCUT2D eigenvalue weighted by Gasteiger charge is 2.29. The number of hydrogen-bond donors (Lipinski definition) is 1. The second-order valence-corrected chi connectivity index (χ2v) is 6.66. The van der Waals surface area contributed by atoms with E-state index in [-0.39, 0.29) is 17.3 Å². The van der Waals surface area contributed by atoms with Crippen LogP contribution in [0.5, 0.6) is 5.75 Å². The third-order valence-electron chi connectivity index (χ3n) is 4.33. The molecule has 5 nitrogen and oxygen atoms in total. The van der Waals surface area contributed by atoms with E-state index in [0.717, 1.165) is 12.1 Å². The molecule has 29 heavy (non-hydrogen) atoms. The summed E-state index contributed by atoms with van der Waals surface area (Å²) < 4.78 is 44.9. The molecule has 0 atom stereocenters. The fraction of sp³-hybridized carbons (Fsp3) is 0.100. The number of imidazole rings is 1. The molecule has 0 unspecified atom stereocenters. The van der Waals surface area contributed by atoms with Crippen molar-refractivity contribution in [2.45, 2.75) is 12.8 Å². The van der Waals surface area contributed by atoms with Crippen LogP contribution in [0.1, 0.15) is 11.1 Å². The van der Waals surface area contributed by atoms with Crippen LogP contribution >= 0.6 is 11.6 Å². The van der Waals surface area contributed by atoms with Gasteiger partial charge in [0.05, 0.1) is 33.5 Å². The molecule has 2 heterocycles. The second-order valence-electron chi connectivity index (χ2n) is 6.26. The standard InChI is InChI=1S/C20H13ClF3N3O2/c21-15-9-14(27-17-10-25-8-7-16(17)26-19(27)28)5-6-18(15)29-11-12-1-3-13(4-2-12)20(22,23)24/h1-10H,11H2,(H,26,28). The summed E-state index contributed by atoms with van der Waals surface area (Å²) >= 11 is 6.29. The van der Waals surface area contributed by atoms with Crippen molar-refractivity contribution < 1.29 is 17.9 Å². The minimum atomic E-state index is -4.38. The summed E-state index contributed by atoms with van der Waals surface area (Å²) in [6.07, 6.45) is -1.24. The summed E-state index contributed by atoms with van der Waals surface area (Å²) in [5.74, 6) is 0.348. The molecule has 0 aliphatic carbocycles. The zero-order valence-electron chi connectivity index (χ0n) is 14.7. The van der Waals surface area contributed by atoms with Crippen LogP contribution in [0.2, 0.25) is 5.02 Å². The van der Waals surface area contributed by atoms with Gasteiger partial charge >= 0.3 is 11.9 Å². The van der Waals surface area contributed by atoms with Crippen molar-refractivity contribution in [1.82, 2.24) is 14.5 Å². The highest BCUT2D eigenvalue weighted by Crippen LogP contribution is 2.30. The van der Waals surface area contributed by atoms with Gasteiger partial charge in [-0.25, -0.2) is 4.79 Å². The minimum absolute atomic E-state index is 0.0498. The molecule has 2 aromatic carbocycles. The molecule has 1 N–H and O–H groups in total. The van der Waals surface area contributed by atoms with Crippen molar-refractivity contribution in [2.24, 2.45) is 0 Å². The van der Waals surface area contributed by atoms with Gasteiger partial charge in [0.25, 0.3) is 0 Å². The van der Waals surface area contributed by atoms with Crippen molar-refractivity contribution in [3.05, 3.63) is 87.6 Å². The van der Waals surface area contributed by atoms with Crippen LogP contribution in [-0.2, 0) is 12.8 Å². The topological polar surface area (TPSA) is 59.9 Å². The molecule has 0 amide bonds. The predicted octanol–water partition coefficient (Wildman–Crippen LogP) is 4.97. The fourth-order valence-electron chi connectivity index (χ4n) is 2.90. The van der Waals surface area contributed by atoms with Gasteiger partial charge in [-0.05, 0) is 42.0 Å². The Morgan fingerprint density at radius 2 is 1.86 bits per heavy atom. The normalized spacial score (nSPS) is 11.7. The number of hydrogen-bond acceptors (Lipinski definition) is 3. The number of alkyl halides is 3. The molecule has 0 saturated carbocycles. The molecule has 4 aromatic rings. The lowest BCUT2D eigenvalue weighted by Crippen LogP contribution is -2.14. The van der Waals surface area contributed by atoms with Crippen LogP contribution < -0.4 is 10.4 Å². The van der Waals surface area contributed by atoms with Gasteiger partial charge in [-0.1, -0.05) is 23.7 Å². The number of halogens is 4. The van der Waals surface area contributed by atoms with Crippen LogP contribution in [0, 0.1) is 0 Å². The Balaban J connectivity index is 1.55. The second kappa shape index (κ2) is 7.29. The number of aromatic nitrogens is 3. The summed E-state index contributed by atoms with van der Waals surface area (Å²) in [5, 5.41) is 0.263. The summed E-state index contributed by atoms with van der Waals surface area (Å²) in [6.45, 7) is 0.0498. The molecule has 0 radical (unpaired) electrons. The number of aromatic amines is 1. The zero-order valence-corrected chi connectivity index (χ0v) is 15.5. The zero-order chi connectivity index (χ0) is 20.6. The summed E-state index contributed by atoms with van der Waals surface area (Å²) in [7, 11) is 0. The lowest BCUT2D eigenvalue weighted by molar-refractivity contribution is -0.137. The van der Waals surface area contributed by atoms with Gasteiger partial charge in [0.15, 0.2) is 0 Å². The Hall–Kier alpha value is -3.26. The maximum absolute atomic E-state index is 12.6. The van der Waals surface area contributed by atoms with E-state index in [2.05, 4.69) is 9.97 Å².